The van der Waals surface area contributed by atoms with E-state index in [2.05, 4.69) is 10.1 Å². The number of aromatic nitrogens is 3. The van der Waals surface area contributed by atoms with Crippen LogP contribution in [0.1, 0.15) is 15.9 Å². The second-order valence-electron chi connectivity index (χ2n) is 5.54. The van der Waals surface area contributed by atoms with E-state index in [0.29, 0.717) is 22.8 Å². The SMILES string of the molecule is COc1cc(C(=O)/C=C/c2ccc(-n3cncn3)cc2)cc(OC)c1OC. The lowest BCUT2D eigenvalue weighted by molar-refractivity contribution is 0.104. The number of benzene rings is 2. The number of ether oxygens (including phenoxy) is 3. The molecular weight excluding hydrogens is 346 g/mol. The van der Waals surface area contributed by atoms with Crippen molar-refractivity contribution in [2.24, 2.45) is 0 Å². The van der Waals surface area contributed by atoms with Gasteiger partial charge in [0.1, 0.15) is 12.7 Å². The molecule has 0 aliphatic heterocycles. The van der Waals surface area contributed by atoms with E-state index >= 15 is 0 Å². The molecule has 7 heteroatoms. The molecule has 0 spiro atoms. The standard InChI is InChI=1S/C20H19N3O4/c1-25-18-10-15(11-19(26-2)20(18)27-3)17(24)9-6-14-4-7-16(8-5-14)23-13-21-12-22-23/h4-13H,1-3H3/b9-6+. The Labute approximate surface area is 156 Å². The quantitative estimate of drug-likeness (QED) is 0.473. The topological polar surface area (TPSA) is 75.5 Å². The van der Waals surface area contributed by atoms with Crippen LogP contribution in [0.2, 0.25) is 0 Å². The summed E-state index contributed by atoms with van der Waals surface area (Å²) in [4.78, 5) is 16.5. The molecule has 3 aromatic rings. The first kappa shape index (κ1) is 18.2. The van der Waals surface area contributed by atoms with Crippen molar-refractivity contribution in [3.05, 3.63) is 66.3 Å². The van der Waals surface area contributed by atoms with E-state index in [0.717, 1.165) is 11.3 Å². The lowest BCUT2D eigenvalue weighted by Crippen LogP contribution is -2.00. The number of nitrogens with zero attached hydrogens (tertiary/aromatic N) is 3. The minimum atomic E-state index is -0.172. The van der Waals surface area contributed by atoms with Crippen LogP contribution in [-0.4, -0.2) is 41.9 Å². The van der Waals surface area contributed by atoms with Crippen molar-refractivity contribution in [3.8, 4) is 22.9 Å². The Balaban J connectivity index is 1.80. The van der Waals surface area contributed by atoms with Crippen molar-refractivity contribution in [1.82, 2.24) is 14.8 Å². The van der Waals surface area contributed by atoms with Crippen LogP contribution in [0, 0.1) is 0 Å². The Morgan fingerprint density at radius 2 is 1.67 bits per heavy atom. The fourth-order valence-electron chi connectivity index (χ4n) is 2.57. The van der Waals surface area contributed by atoms with Crippen LogP contribution in [0.15, 0.2) is 55.1 Å². The Hall–Kier alpha value is -3.61. The van der Waals surface area contributed by atoms with Gasteiger partial charge in [-0.3, -0.25) is 4.79 Å². The third-order valence-electron chi connectivity index (χ3n) is 3.95. The van der Waals surface area contributed by atoms with Gasteiger partial charge in [0.25, 0.3) is 0 Å². The van der Waals surface area contributed by atoms with E-state index in [9.17, 15) is 4.79 Å². The van der Waals surface area contributed by atoms with Gasteiger partial charge in [-0.25, -0.2) is 9.67 Å². The van der Waals surface area contributed by atoms with Crippen molar-refractivity contribution in [3.63, 3.8) is 0 Å². The number of hydrogen-bond acceptors (Lipinski definition) is 6. The number of carbonyl (C=O) groups is 1. The minimum Gasteiger partial charge on any atom is -0.493 e. The third-order valence-corrected chi connectivity index (χ3v) is 3.95. The maximum atomic E-state index is 12.5. The van der Waals surface area contributed by atoms with E-state index in [1.165, 1.54) is 33.7 Å². The fourth-order valence-corrected chi connectivity index (χ4v) is 2.57. The third kappa shape index (κ3) is 3.98. The van der Waals surface area contributed by atoms with E-state index in [-0.39, 0.29) is 5.78 Å². The van der Waals surface area contributed by atoms with E-state index < -0.39 is 0 Å². The summed E-state index contributed by atoms with van der Waals surface area (Å²) in [5, 5.41) is 4.08. The fraction of sp³-hybridized carbons (Fsp3) is 0.150. The van der Waals surface area contributed by atoms with Crippen LogP contribution in [0.3, 0.4) is 0 Å². The van der Waals surface area contributed by atoms with Gasteiger partial charge in [0.2, 0.25) is 5.75 Å². The molecule has 1 aromatic heterocycles. The van der Waals surface area contributed by atoms with Crippen LogP contribution in [0.25, 0.3) is 11.8 Å². The van der Waals surface area contributed by atoms with E-state index in [1.807, 2.05) is 24.3 Å². The van der Waals surface area contributed by atoms with Gasteiger partial charge >= 0.3 is 0 Å². The number of ketones is 1. The highest BCUT2D eigenvalue weighted by atomic mass is 16.5. The first-order valence-electron chi connectivity index (χ1n) is 8.13. The summed E-state index contributed by atoms with van der Waals surface area (Å²) < 4.78 is 17.5. The summed E-state index contributed by atoms with van der Waals surface area (Å²) in [6.07, 6.45) is 6.35. The molecule has 138 valence electrons. The number of hydrogen-bond donors (Lipinski definition) is 0. The molecule has 0 atom stereocenters. The van der Waals surface area contributed by atoms with Crippen molar-refractivity contribution in [2.45, 2.75) is 0 Å². The number of allylic oxidation sites excluding steroid dienone is 1. The Kier molecular flexibility index (Phi) is 5.51. The molecule has 0 amide bonds. The van der Waals surface area contributed by atoms with Gasteiger partial charge in [-0.1, -0.05) is 18.2 Å². The van der Waals surface area contributed by atoms with Gasteiger partial charge in [-0.05, 0) is 35.9 Å². The van der Waals surface area contributed by atoms with Crippen molar-refractivity contribution in [2.75, 3.05) is 21.3 Å². The summed E-state index contributed by atoms with van der Waals surface area (Å²) in [6, 6.07) is 10.9. The smallest absolute Gasteiger partial charge is 0.203 e. The lowest BCUT2D eigenvalue weighted by atomic mass is 10.1. The van der Waals surface area contributed by atoms with E-state index in [4.69, 9.17) is 14.2 Å². The van der Waals surface area contributed by atoms with Crippen molar-refractivity contribution >= 4 is 11.9 Å². The summed E-state index contributed by atoms with van der Waals surface area (Å²) in [5.74, 6) is 1.15. The number of rotatable bonds is 7. The predicted octanol–water partition coefficient (Wildman–Crippen LogP) is 3.19. The van der Waals surface area contributed by atoms with Crippen LogP contribution in [0.4, 0.5) is 0 Å². The summed E-state index contributed by atoms with van der Waals surface area (Å²) in [7, 11) is 4.54. The number of carbonyl (C=O) groups excluding carboxylic acids is 1. The molecule has 0 fully saturated rings. The molecule has 1 heterocycles. The van der Waals surface area contributed by atoms with Gasteiger partial charge in [0.15, 0.2) is 17.3 Å². The molecule has 27 heavy (non-hydrogen) atoms. The Morgan fingerprint density at radius 3 is 2.19 bits per heavy atom. The highest BCUT2D eigenvalue weighted by Gasteiger charge is 2.15. The van der Waals surface area contributed by atoms with Crippen molar-refractivity contribution in [1.29, 1.82) is 0 Å². The van der Waals surface area contributed by atoms with Crippen molar-refractivity contribution < 1.29 is 19.0 Å². The normalized spacial score (nSPS) is 10.8. The zero-order chi connectivity index (χ0) is 19.2. The largest absolute Gasteiger partial charge is 0.493 e. The molecule has 0 N–H and O–H groups in total. The number of methoxy groups -OCH3 is 3. The minimum absolute atomic E-state index is 0.172. The van der Waals surface area contributed by atoms with Gasteiger partial charge in [0.05, 0.1) is 27.0 Å². The lowest BCUT2D eigenvalue weighted by Gasteiger charge is -2.13. The molecule has 3 rings (SSSR count). The first-order chi connectivity index (χ1) is 13.2. The molecular formula is C20H19N3O4. The van der Waals surface area contributed by atoms with Crippen LogP contribution in [-0.2, 0) is 0 Å². The van der Waals surface area contributed by atoms with Crippen LogP contribution >= 0.6 is 0 Å². The average molecular weight is 365 g/mol. The molecule has 7 nitrogen and oxygen atoms in total. The maximum absolute atomic E-state index is 12.5. The monoisotopic (exact) mass is 365 g/mol. The molecule has 0 saturated heterocycles. The molecule has 0 unspecified atom stereocenters. The molecule has 0 radical (unpaired) electrons. The summed E-state index contributed by atoms with van der Waals surface area (Å²) in [6.45, 7) is 0. The molecule has 0 bridgehead atoms. The molecule has 0 aliphatic carbocycles. The van der Waals surface area contributed by atoms with Gasteiger partial charge in [-0.15, -0.1) is 0 Å². The summed E-state index contributed by atoms with van der Waals surface area (Å²) >= 11 is 0. The second kappa shape index (κ2) is 8.18. The molecule has 0 aliphatic rings. The first-order valence-corrected chi connectivity index (χ1v) is 8.13. The van der Waals surface area contributed by atoms with Gasteiger partial charge < -0.3 is 14.2 Å². The Bertz CT molecular complexity index is 923. The maximum Gasteiger partial charge on any atom is 0.203 e. The average Bonchev–Trinajstić information content (AvgIpc) is 3.26. The highest BCUT2D eigenvalue weighted by molar-refractivity contribution is 6.07. The van der Waals surface area contributed by atoms with Crippen LogP contribution in [0.5, 0.6) is 17.2 Å². The zero-order valence-electron chi connectivity index (χ0n) is 15.2. The summed E-state index contributed by atoms with van der Waals surface area (Å²) in [5.41, 5.74) is 2.22. The van der Waals surface area contributed by atoms with E-state index in [1.54, 1.807) is 29.2 Å². The van der Waals surface area contributed by atoms with Gasteiger partial charge in [0, 0.05) is 5.56 Å². The van der Waals surface area contributed by atoms with Gasteiger partial charge in [-0.2, -0.15) is 5.10 Å². The van der Waals surface area contributed by atoms with Crippen LogP contribution < -0.4 is 14.2 Å². The molecule has 2 aromatic carbocycles. The predicted molar refractivity (Wildman–Crippen MR) is 101 cm³/mol. The highest BCUT2D eigenvalue weighted by Crippen LogP contribution is 2.38. The second-order valence-corrected chi connectivity index (χ2v) is 5.54. The molecule has 0 saturated carbocycles. The zero-order valence-corrected chi connectivity index (χ0v) is 15.2. The Morgan fingerprint density at radius 1 is 1.00 bits per heavy atom.